The van der Waals surface area contributed by atoms with Crippen LogP contribution >= 0.6 is 24.0 Å². The van der Waals surface area contributed by atoms with E-state index in [1.54, 1.807) is 19.1 Å². The molecule has 0 spiro atoms. The summed E-state index contributed by atoms with van der Waals surface area (Å²) in [6.07, 6.45) is 0.462. The monoisotopic (exact) mass is 542 g/mol. The first kappa shape index (κ1) is 26.1. The fourth-order valence-electron chi connectivity index (χ4n) is 3.01. The molecule has 1 aliphatic heterocycles. The highest BCUT2D eigenvalue weighted by molar-refractivity contribution is 14.0. The molecule has 0 saturated carbocycles. The number of morpholine rings is 1. The standard InChI is InChI=1S/C19H31FN4O3S.HI/c1-4-21-19(22-11-6-12-23-28(25,26)5-2)24-13-15(3)27-18(14-24)16-7-9-17(20)10-8-16;/h7-10,15,18,23H,4-6,11-14H2,1-3H3,(H,21,22);1H. The predicted octanol–water partition coefficient (Wildman–Crippen LogP) is 2.50. The van der Waals surface area contributed by atoms with Crippen LogP contribution < -0.4 is 10.0 Å². The summed E-state index contributed by atoms with van der Waals surface area (Å²) in [6.45, 7) is 8.56. The Hall–Kier alpha value is -0.980. The van der Waals surface area contributed by atoms with E-state index in [9.17, 15) is 12.8 Å². The zero-order valence-electron chi connectivity index (χ0n) is 17.2. The summed E-state index contributed by atoms with van der Waals surface area (Å²) < 4.78 is 44.7. The molecule has 0 aromatic heterocycles. The van der Waals surface area contributed by atoms with Crippen LogP contribution in [0.2, 0.25) is 0 Å². The van der Waals surface area contributed by atoms with Crippen molar-refractivity contribution in [2.75, 3.05) is 38.5 Å². The lowest BCUT2D eigenvalue weighted by Crippen LogP contribution is -2.50. The predicted molar refractivity (Wildman–Crippen MR) is 125 cm³/mol. The Balaban J connectivity index is 0.00000420. The van der Waals surface area contributed by atoms with Crippen LogP contribution in [0, 0.1) is 5.82 Å². The summed E-state index contributed by atoms with van der Waals surface area (Å²) in [6, 6.07) is 6.39. The first-order valence-electron chi connectivity index (χ1n) is 9.76. The fraction of sp³-hybridized carbons (Fsp3) is 0.632. The number of nitrogens with one attached hydrogen (secondary N) is 2. The van der Waals surface area contributed by atoms with Crippen LogP contribution in [-0.4, -0.2) is 63.9 Å². The molecule has 1 aromatic carbocycles. The van der Waals surface area contributed by atoms with Crippen molar-refractivity contribution in [3.8, 4) is 0 Å². The van der Waals surface area contributed by atoms with Crippen LogP contribution in [-0.2, 0) is 14.8 Å². The van der Waals surface area contributed by atoms with Gasteiger partial charge in [0.25, 0.3) is 0 Å². The Labute approximate surface area is 190 Å². The molecule has 166 valence electrons. The smallest absolute Gasteiger partial charge is 0.211 e. The van der Waals surface area contributed by atoms with Crippen molar-refractivity contribution in [1.29, 1.82) is 0 Å². The number of hydrogen-bond acceptors (Lipinski definition) is 4. The van der Waals surface area contributed by atoms with Crippen molar-refractivity contribution in [2.45, 2.75) is 39.4 Å². The van der Waals surface area contributed by atoms with Gasteiger partial charge in [-0.1, -0.05) is 12.1 Å². The average Bonchev–Trinajstić information content (AvgIpc) is 2.67. The van der Waals surface area contributed by atoms with Gasteiger partial charge in [-0.25, -0.2) is 17.5 Å². The first-order chi connectivity index (χ1) is 13.3. The second-order valence-electron chi connectivity index (χ2n) is 6.78. The van der Waals surface area contributed by atoms with Crippen molar-refractivity contribution < 1.29 is 17.5 Å². The molecule has 1 aromatic rings. The summed E-state index contributed by atoms with van der Waals surface area (Å²) in [4.78, 5) is 6.78. The summed E-state index contributed by atoms with van der Waals surface area (Å²) in [5, 5.41) is 3.29. The van der Waals surface area contributed by atoms with Gasteiger partial charge >= 0.3 is 0 Å². The minimum Gasteiger partial charge on any atom is -0.367 e. The molecule has 29 heavy (non-hydrogen) atoms. The summed E-state index contributed by atoms with van der Waals surface area (Å²) in [5.41, 5.74) is 0.933. The molecule has 1 aliphatic rings. The number of benzene rings is 1. The molecule has 2 N–H and O–H groups in total. The van der Waals surface area contributed by atoms with Gasteiger partial charge in [-0.05, 0) is 44.9 Å². The molecular weight excluding hydrogens is 510 g/mol. The van der Waals surface area contributed by atoms with Crippen LogP contribution in [0.3, 0.4) is 0 Å². The largest absolute Gasteiger partial charge is 0.367 e. The lowest BCUT2D eigenvalue weighted by atomic mass is 10.1. The van der Waals surface area contributed by atoms with Crippen molar-refractivity contribution in [2.24, 2.45) is 4.99 Å². The molecule has 0 amide bonds. The molecule has 1 heterocycles. The van der Waals surface area contributed by atoms with Gasteiger partial charge in [-0.3, -0.25) is 4.99 Å². The maximum Gasteiger partial charge on any atom is 0.211 e. The fourth-order valence-corrected chi connectivity index (χ4v) is 3.66. The van der Waals surface area contributed by atoms with E-state index in [0.29, 0.717) is 32.6 Å². The van der Waals surface area contributed by atoms with E-state index in [4.69, 9.17) is 4.74 Å². The number of rotatable bonds is 8. The van der Waals surface area contributed by atoms with E-state index in [2.05, 4.69) is 19.9 Å². The summed E-state index contributed by atoms with van der Waals surface area (Å²) in [7, 11) is -3.17. The third-order valence-electron chi connectivity index (χ3n) is 4.43. The third kappa shape index (κ3) is 8.73. The number of halogens is 2. The van der Waals surface area contributed by atoms with Gasteiger partial charge in [0.15, 0.2) is 5.96 Å². The van der Waals surface area contributed by atoms with Gasteiger partial charge in [-0.15, -0.1) is 24.0 Å². The topological polar surface area (TPSA) is 83.0 Å². The Morgan fingerprint density at radius 2 is 1.97 bits per heavy atom. The number of sulfonamides is 1. The number of ether oxygens (including phenoxy) is 1. The number of hydrogen-bond donors (Lipinski definition) is 2. The van der Waals surface area contributed by atoms with Crippen LogP contribution in [0.15, 0.2) is 29.3 Å². The molecule has 10 heteroatoms. The Kier molecular flexibility index (Phi) is 11.4. The molecular formula is C19H32FIN4O3S. The third-order valence-corrected chi connectivity index (χ3v) is 5.84. The molecule has 2 rings (SSSR count). The molecule has 1 saturated heterocycles. The molecule has 7 nitrogen and oxygen atoms in total. The average molecular weight is 542 g/mol. The van der Waals surface area contributed by atoms with Gasteiger partial charge in [-0.2, -0.15) is 0 Å². The Bertz CT molecular complexity index is 746. The SMILES string of the molecule is CCNC(=NCCCNS(=O)(=O)CC)N1CC(C)OC(c2ccc(F)cc2)C1.I. The summed E-state index contributed by atoms with van der Waals surface area (Å²) >= 11 is 0. The van der Waals surface area contributed by atoms with Crippen LogP contribution in [0.5, 0.6) is 0 Å². The highest BCUT2D eigenvalue weighted by Gasteiger charge is 2.28. The molecule has 2 atom stereocenters. The first-order valence-corrected chi connectivity index (χ1v) is 11.4. The highest BCUT2D eigenvalue weighted by Crippen LogP contribution is 2.25. The Morgan fingerprint density at radius 1 is 1.28 bits per heavy atom. The minimum absolute atomic E-state index is 0. The van der Waals surface area contributed by atoms with Gasteiger partial charge in [0.2, 0.25) is 10.0 Å². The normalized spacial score (nSPS) is 20.3. The Morgan fingerprint density at radius 3 is 2.59 bits per heavy atom. The van der Waals surface area contributed by atoms with E-state index in [1.807, 2.05) is 13.8 Å². The molecule has 1 fully saturated rings. The van der Waals surface area contributed by atoms with Crippen molar-refractivity contribution in [1.82, 2.24) is 14.9 Å². The second-order valence-corrected chi connectivity index (χ2v) is 8.87. The van der Waals surface area contributed by atoms with Gasteiger partial charge in [0, 0.05) is 26.2 Å². The lowest BCUT2D eigenvalue weighted by molar-refractivity contribution is -0.0605. The van der Waals surface area contributed by atoms with Crippen molar-refractivity contribution in [3.05, 3.63) is 35.6 Å². The highest BCUT2D eigenvalue weighted by atomic mass is 127. The van der Waals surface area contributed by atoms with Crippen molar-refractivity contribution >= 4 is 40.0 Å². The maximum atomic E-state index is 13.2. The number of nitrogens with zero attached hydrogens (tertiary/aromatic N) is 2. The van der Waals surface area contributed by atoms with E-state index >= 15 is 0 Å². The van der Waals surface area contributed by atoms with Crippen LogP contribution in [0.4, 0.5) is 4.39 Å². The van der Waals surface area contributed by atoms with Gasteiger partial charge in [0.05, 0.1) is 18.4 Å². The van der Waals surface area contributed by atoms with E-state index < -0.39 is 10.0 Å². The van der Waals surface area contributed by atoms with Gasteiger partial charge in [0.1, 0.15) is 11.9 Å². The molecule has 0 bridgehead atoms. The maximum absolute atomic E-state index is 13.2. The van der Waals surface area contributed by atoms with Crippen LogP contribution in [0.1, 0.15) is 38.9 Å². The second kappa shape index (κ2) is 12.7. The minimum atomic E-state index is -3.17. The van der Waals surface area contributed by atoms with Crippen molar-refractivity contribution in [3.63, 3.8) is 0 Å². The quantitative estimate of drug-likeness (QED) is 0.228. The van der Waals surface area contributed by atoms with E-state index in [1.165, 1.54) is 12.1 Å². The zero-order valence-corrected chi connectivity index (χ0v) is 20.4. The zero-order chi connectivity index (χ0) is 20.6. The number of guanidine groups is 1. The van der Waals surface area contributed by atoms with Gasteiger partial charge < -0.3 is 15.0 Å². The molecule has 0 aliphatic carbocycles. The van der Waals surface area contributed by atoms with E-state index in [0.717, 1.165) is 18.1 Å². The number of aliphatic imine (C=N–C) groups is 1. The van der Waals surface area contributed by atoms with E-state index in [-0.39, 0.29) is 47.8 Å². The lowest BCUT2D eigenvalue weighted by Gasteiger charge is -2.38. The van der Waals surface area contributed by atoms with Crippen LogP contribution in [0.25, 0.3) is 0 Å². The molecule has 0 radical (unpaired) electrons. The summed E-state index contributed by atoms with van der Waals surface area (Å²) in [5.74, 6) is 0.594. The molecule has 2 unspecified atom stereocenters.